The van der Waals surface area contributed by atoms with E-state index in [-0.39, 0.29) is 17.7 Å². The molecule has 1 aliphatic carbocycles. The SMILES string of the molecule is CCOCCOc1ccc(Cl)cc1NC(=O)[C@@H]1CCC[C@@H]1CN. The van der Waals surface area contributed by atoms with Gasteiger partial charge in [-0.15, -0.1) is 0 Å². The van der Waals surface area contributed by atoms with E-state index < -0.39 is 0 Å². The number of ether oxygens (including phenoxy) is 2. The van der Waals surface area contributed by atoms with Gasteiger partial charge in [0.1, 0.15) is 12.4 Å². The van der Waals surface area contributed by atoms with Crippen LogP contribution in [0.15, 0.2) is 18.2 Å². The van der Waals surface area contributed by atoms with Crippen molar-refractivity contribution in [2.75, 3.05) is 31.7 Å². The minimum Gasteiger partial charge on any atom is -0.489 e. The third-order valence-electron chi connectivity index (χ3n) is 4.19. The number of anilines is 1. The molecule has 0 aromatic heterocycles. The van der Waals surface area contributed by atoms with E-state index in [1.807, 2.05) is 6.92 Å². The summed E-state index contributed by atoms with van der Waals surface area (Å²) < 4.78 is 10.9. The fraction of sp³-hybridized carbons (Fsp3) is 0.588. The van der Waals surface area contributed by atoms with Crippen LogP contribution < -0.4 is 15.8 Å². The molecule has 0 radical (unpaired) electrons. The van der Waals surface area contributed by atoms with Crippen LogP contribution in [0.5, 0.6) is 5.75 Å². The Morgan fingerprint density at radius 3 is 2.96 bits per heavy atom. The number of hydrogen-bond acceptors (Lipinski definition) is 4. The first-order valence-corrected chi connectivity index (χ1v) is 8.54. The van der Waals surface area contributed by atoms with Gasteiger partial charge in [0.2, 0.25) is 5.91 Å². The van der Waals surface area contributed by atoms with Crippen LogP contribution in [0, 0.1) is 11.8 Å². The molecule has 1 fully saturated rings. The van der Waals surface area contributed by atoms with E-state index in [9.17, 15) is 4.79 Å². The molecule has 23 heavy (non-hydrogen) atoms. The predicted octanol–water partition coefficient (Wildman–Crippen LogP) is 3.07. The van der Waals surface area contributed by atoms with Crippen molar-refractivity contribution in [3.63, 3.8) is 0 Å². The molecule has 1 aliphatic rings. The third kappa shape index (κ3) is 5.09. The zero-order valence-corrected chi connectivity index (χ0v) is 14.3. The number of halogens is 1. The van der Waals surface area contributed by atoms with Crippen molar-refractivity contribution in [2.45, 2.75) is 26.2 Å². The summed E-state index contributed by atoms with van der Waals surface area (Å²) in [6, 6.07) is 5.21. The first kappa shape index (κ1) is 18.0. The molecule has 0 aliphatic heterocycles. The molecule has 0 heterocycles. The van der Waals surface area contributed by atoms with Crippen LogP contribution in [0.3, 0.4) is 0 Å². The highest BCUT2D eigenvalue weighted by atomic mass is 35.5. The normalized spacial score (nSPS) is 20.5. The van der Waals surface area contributed by atoms with Crippen molar-refractivity contribution in [2.24, 2.45) is 17.6 Å². The van der Waals surface area contributed by atoms with Crippen LogP contribution in [-0.4, -0.2) is 32.3 Å². The van der Waals surface area contributed by atoms with Crippen molar-refractivity contribution < 1.29 is 14.3 Å². The number of benzene rings is 1. The van der Waals surface area contributed by atoms with Gasteiger partial charge in [-0.1, -0.05) is 18.0 Å². The Hall–Kier alpha value is -1.30. The monoisotopic (exact) mass is 340 g/mol. The second-order valence-electron chi connectivity index (χ2n) is 5.71. The highest BCUT2D eigenvalue weighted by Crippen LogP contribution is 2.34. The highest BCUT2D eigenvalue weighted by Gasteiger charge is 2.32. The number of carbonyl (C=O) groups is 1. The van der Waals surface area contributed by atoms with Crippen LogP contribution in [0.2, 0.25) is 5.02 Å². The molecule has 128 valence electrons. The molecule has 5 nitrogen and oxygen atoms in total. The molecular weight excluding hydrogens is 316 g/mol. The summed E-state index contributed by atoms with van der Waals surface area (Å²) >= 11 is 6.05. The Labute approximate surface area is 142 Å². The molecule has 0 saturated heterocycles. The Bertz CT molecular complexity index is 525. The van der Waals surface area contributed by atoms with Crippen LogP contribution >= 0.6 is 11.6 Å². The maximum atomic E-state index is 12.5. The zero-order valence-electron chi connectivity index (χ0n) is 13.5. The van der Waals surface area contributed by atoms with Crippen molar-refractivity contribution in [1.82, 2.24) is 0 Å². The van der Waals surface area contributed by atoms with E-state index in [0.717, 1.165) is 19.3 Å². The molecule has 1 aromatic carbocycles. The van der Waals surface area contributed by atoms with E-state index in [4.69, 9.17) is 26.8 Å². The predicted molar refractivity (Wildman–Crippen MR) is 92.0 cm³/mol. The minimum absolute atomic E-state index is 0.00475. The minimum atomic E-state index is -0.0322. The van der Waals surface area contributed by atoms with Gasteiger partial charge in [-0.3, -0.25) is 4.79 Å². The third-order valence-corrected chi connectivity index (χ3v) is 4.42. The van der Waals surface area contributed by atoms with Gasteiger partial charge in [-0.2, -0.15) is 0 Å². The maximum absolute atomic E-state index is 12.5. The molecule has 1 aromatic rings. The number of nitrogens with one attached hydrogen (secondary N) is 1. The number of nitrogens with two attached hydrogens (primary N) is 1. The van der Waals surface area contributed by atoms with Crippen molar-refractivity contribution in [1.29, 1.82) is 0 Å². The average Bonchev–Trinajstić information content (AvgIpc) is 3.02. The molecule has 2 rings (SSSR count). The van der Waals surface area contributed by atoms with Gasteiger partial charge in [-0.25, -0.2) is 0 Å². The number of hydrogen-bond donors (Lipinski definition) is 2. The molecule has 0 unspecified atom stereocenters. The summed E-state index contributed by atoms with van der Waals surface area (Å²) in [6.07, 6.45) is 2.95. The summed E-state index contributed by atoms with van der Waals surface area (Å²) in [5.74, 6) is 0.825. The molecule has 1 saturated carbocycles. The quantitative estimate of drug-likeness (QED) is 0.713. The number of carbonyl (C=O) groups excluding carboxylic acids is 1. The summed E-state index contributed by atoms with van der Waals surface area (Å²) in [4.78, 5) is 12.5. The van der Waals surface area contributed by atoms with Crippen molar-refractivity contribution in [3.8, 4) is 5.75 Å². The lowest BCUT2D eigenvalue weighted by Gasteiger charge is -2.19. The van der Waals surface area contributed by atoms with Gasteiger partial charge in [-0.05, 0) is 50.4 Å². The van der Waals surface area contributed by atoms with Gasteiger partial charge >= 0.3 is 0 Å². The summed E-state index contributed by atoms with van der Waals surface area (Å²) in [6.45, 7) is 4.06. The van der Waals surface area contributed by atoms with Crippen molar-refractivity contribution in [3.05, 3.63) is 23.2 Å². The van der Waals surface area contributed by atoms with Gasteiger partial charge in [0, 0.05) is 17.5 Å². The fourth-order valence-corrected chi connectivity index (χ4v) is 3.14. The largest absolute Gasteiger partial charge is 0.489 e. The standard InChI is InChI=1S/C17H25ClN2O3/c1-2-22-8-9-23-16-7-6-13(18)10-15(16)20-17(21)14-5-3-4-12(14)11-19/h6-7,10,12,14H,2-5,8-9,11,19H2,1H3,(H,20,21)/t12-,14-/m1/s1. The lowest BCUT2D eigenvalue weighted by atomic mass is 9.95. The molecule has 1 amide bonds. The maximum Gasteiger partial charge on any atom is 0.227 e. The second kappa shape index (κ2) is 9.11. The fourth-order valence-electron chi connectivity index (χ4n) is 2.97. The second-order valence-corrected chi connectivity index (χ2v) is 6.14. The van der Waals surface area contributed by atoms with Crippen molar-refractivity contribution >= 4 is 23.2 Å². The Kier molecular flexibility index (Phi) is 7.15. The Morgan fingerprint density at radius 1 is 1.39 bits per heavy atom. The molecule has 2 atom stereocenters. The molecule has 0 spiro atoms. The van der Waals surface area contributed by atoms with E-state index in [1.165, 1.54) is 0 Å². The van der Waals surface area contributed by atoms with E-state index >= 15 is 0 Å². The van der Waals surface area contributed by atoms with Crippen LogP contribution in [0.1, 0.15) is 26.2 Å². The number of rotatable bonds is 8. The van der Waals surface area contributed by atoms with Gasteiger partial charge in [0.05, 0.1) is 12.3 Å². The van der Waals surface area contributed by atoms with Crippen LogP contribution in [0.25, 0.3) is 0 Å². The Morgan fingerprint density at radius 2 is 2.22 bits per heavy atom. The van der Waals surface area contributed by atoms with Crippen LogP contribution in [-0.2, 0) is 9.53 Å². The first-order valence-electron chi connectivity index (χ1n) is 8.16. The first-order chi connectivity index (χ1) is 11.2. The zero-order chi connectivity index (χ0) is 16.7. The van der Waals surface area contributed by atoms with Gasteiger partial charge < -0.3 is 20.5 Å². The Balaban J connectivity index is 2.02. The summed E-state index contributed by atoms with van der Waals surface area (Å²) in [5, 5.41) is 3.51. The number of amides is 1. The summed E-state index contributed by atoms with van der Waals surface area (Å²) in [7, 11) is 0. The lowest BCUT2D eigenvalue weighted by molar-refractivity contribution is -0.120. The average molecular weight is 341 g/mol. The molecular formula is C17H25ClN2O3. The summed E-state index contributed by atoms with van der Waals surface area (Å²) in [5.41, 5.74) is 6.36. The lowest BCUT2D eigenvalue weighted by Crippen LogP contribution is -2.29. The topological polar surface area (TPSA) is 73.6 Å². The van der Waals surface area contributed by atoms with Crippen LogP contribution in [0.4, 0.5) is 5.69 Å². The molecule has 3 N–H and O–H groups in total. The van der Waals surface area contributed by atoms with E-state index in [2.05, 4.69) is 5.32 Å². The van der Waals surface area contributed by atoms with Gasteiger partial charge in [0.15, 0.2) is 0 Å². The van der Waals surface area contributed by atoms with E-state index in [1.54, 1.807) is 18.2 Å². The molecule has 0 bridgehead atoms. The smallest absolute Gasteiger partial charge is 0.227 e. The van der Waals surface area contributed by atoms with Gasteiger partial charge in [0.25, 0.3) is 0 Å². The highest BCUT2D eigenvalue weighted by molar-refractivity contribution is 6.31. The van der Waals surface area contributed by atoms with E-state index in [0.29, 0.717) is 42.8 Å². The molecule has 6 heteroatoms.